The number of benzene rings is 3. The van der Waals surface area contributed by atoms with E-state index >= 15 is 0 Å². The van der Waals surface area contributed by atoms with Gasteiger partial charge < -0.3 is 4.74 Å². The topological polar surface area (TPSA) is 29.5 Å². The van der Waals surface area contributed by atoms with Gasteiger partial charge in [0.2, 0.25) is 5.91 Å². The lowest BCUT2D eigenvalue weighted by Crippen LogP contribution is -2.37. The SMILES string of the molecule is CCc1ccc(N2C(=O)[C@@](C)(c3ccc4c(c3)CCC(C)(C)O4)c3cc(Cl)ccc32)cc1. The second kappa shape index (κ2) is 7.38. The van der Waals surface area contributed by atoms with Gasteiger partial charge in [0.15, 0.2) is 0 Å². The molecule has 3 aromatic rings. The Labute approximate surface area is 195 Å². The lowest BCUT2D eigenvalue weighted by atomic mass is 9.76. The molecule has 0 unspecified atom stereocenters. The first-order chi connectivity index (χ1) is 15.2. The maximum Gasteiger partial charge on any atom is 0.246 e. The van der Waals surface area contributed by atoms with Crippen LogP contribution >= 0.6 is 11.6 Å². The molecule has 0 N–H and O–H groups in total. The second-order valence-corrected chi connectivity index (χ2v) is 10.1. The highest BCUT2D eigenvalue weighted by atomic mass is 35.5. The Hall–Kier alpha value is -2.78. The second-order valence-electron chi connectivity index (χ2n) is 9.63. The summed E-state index contributed by atoms with van der Waals surface area (Å²) >= 11 is 6.42. The van der Waals surface area contributed by atoms with Gasteiger partial charge in [-0.1, -0.05) is 42.8 Å². The number of anilines is 2. The summed E-state index contributed by atoms with van der Waals surface area (Å²) in [5.74, 6) is 0.952. The van der Waals surface area contributed by atoms with Crippen LogP contribution in [0.3, 0.4) is 0 Å². The molecule has 0 aromatic heterocycles. The number of hydrogen-bond acceptors (Lipinski definition) is 2. The van der Waals surface area contributed by atoms with Gasteiger partial charge in [-0.25, -0.2) is 0 Å². The summed E-state index contributed by atoms with van der Waals surface area (Å²) in [7, 11) is 0. The van der Waals surface area contributed by atoms with Crippen LogP contribution in [0.4, 0.5) is 11.4 Å². The third kappa shape index (κ3) is 3.22. The molecule has 2 aliphatic heterocycles. The van der Waals surface area contributed by atoms with E-state index in [1.54, 1.807) is 0 Å². The van der Waals surface area contributed by atoms with Gasteiger partial charge >= 0.3 is 0 Å². The van der Waals surface area contributed by atoms with Crippen molar-refractivity contribution >= 4 is 28.9 Å². The average Bonchev–Trinajstić information content (AvgIpc) is 3.00. The van der Waals surface area contributed by atoms with E-state index in [4.69, 9.17) is 16.3 Å². The molecule has 32 heavy (non-hydrogen) atoms. The molecule has 5 rings (SSSR count). The van der Waals surface area contributed by atoms with Gasteiger partial charge in [0.05, 0.1) is 11.1 Å². The highest BCUT2D eigenvalue weighted by molar-refractivity contribution is 6.31. The largest absolute Gasteiger partial charge is 0.488 e. The standard InChI is InChI=1S/C28H28ClNO2/c1-5-18-6-10-22(11-7-18)30-24-12-9-21(29)17-23(24)28(4,26(30)31)20-8-13-25-19(16-20)14-15-27(2,3)32-25/h6-13,16-17H,5,14-15H2,1-4H3/t28-/m0/s1. The fourth-order valence-electron chi connectivity index (χ4n) is 4.94. The van der Waals surface area contributed by atoms with Crippen LogP contribution in [0, 0.1) is 0 Å². The Morgan fingerprint density at radius 1 is 1.00 bits per heavy atom. The van der Waals surface area contributed by atoms with Crippen molar-refractivity contribution in [2.75, 3.05) is 4.90 Å². The number of fused-ring (bicyclic) bond motifs is 2. The zero-order valence-electron chi connectivity index (χ0n) is 19.0. The summed E-state index contributed by atoms with van der Waals surface area (Å²) < 4.78 is 6.18. The van der Waals surface area contributed by atoms with Gasteiger partial charge in [-0.3, -0.25) is 9.69 Å². The van der Waals surface area contributed by atoms with Gasteiger partial charge in [0, 0.05) is 10.7 Å². The first-order valence-corrected chi connectivity index (χ1v) is 11.7. The Bertz CT molecular complexity index is 1210. The molecule has 3 nitrogen and oxygen atoms in total. The molecule has 0 spiro atoms. The van der Waals surface area contributed by atoms with Gasteiger partial charge in [0.25, 0.3) is 0 Å². The van der Waals surface area contributed by atoms with Crippen LogP contribution in [-0.2, 0) is 23.1 Å². The summed E-state index contributed by atoms with van der Waals surface area (Å²) in [5, 5.41) is 0.633. The molecule has 164 valence electrons. The fourth-order valence-corrected chi connectivity index (χ4v) is 5.11. The van der Waals surface area contributed by atoms with Gasteiger partial charge in [-0.2, -0.15) is 0 Å². The van der Waals surface area contributed by atoms with E-state index in [1.165, 1.54) is 5.56 Å². The van der Waals surface area contributed by atoms with Crippen LogP contribution in [0.15, 0.2) is 60.7 Å². The Kier molecular flexibility index (Phi) is 4.86. The zero-order chi connectivity index (χ0) is 22.7. The van der Waals surface area contributed by atoms with Crippen LogP contribution in [-0.4, -0.2) is 11.5 Å². The number of rotatable bonds is 3. The molecule has 1 amide bonds. The number of hydrogen-bond donors (Lipinski definition) is 0. The fraction of sp³-hybridized carbons (Fsp3) is 0.321. The van der Waals surface area contributed by atoms with Crippen molar-refractivity contribution in [3.8, 4) is 5.75 Å². The van der Waals surface area contributed by atoms with E-state index in [2.05, 4.69) is 39.0 Å². The van der Waals surface area contributed by atoms with Crippen LogP contribution in [0.1, 0.15) is 56.4 Å². The van der Waals surface area contributed by atoms with Crippen molar-refractivity contribution in [3.63, 3.8) is 0 Å². The van der Waals surface area contributed by atoms with E-state index in [1.807, 2.05) is 54.3 Å². The predicted molar refractivity (Wildman–Crippen MR) is 130 cm³/mol. The van der Waals surface area contributed by atoms with Crippen molar-refractivity contribution in [1.82, 2.24) is 0 Å². The zero-order valence-corrected chi connectivity index (χ0v) is 19.8. The van der Waals surface area contributed by atoms with E-state index in [9.17, 15) is 4.79 Å². The van der Waals surface area contributed by atoms with Gasteiger partial charge in [-0.05, 0) is 98.7 Å². The number of carbonyl (C=O) groups is 1. The molecule has 0 saturated carbocycles. The number of aryl methyl sites for hydroxylation is 2. The molecular formula is C28H28ClNO2. The average molecular weight is 446 g/mol. The summed E-state index contributed by atoms with van der Waals surface area (Å²) in [6.45, 7) is 8.38. The van der Waals surface area contributed by atoms with Crippen molar-refractivity contribution in [1.29, 1.82) is 0 Å². The van der Waals surface area contributed by atoms with Crippen LogP contribution < -0.4 is 9.64 Å². The van der Waals surface area contributed by atoms with Crippen molar-refractivity contribution < 1.29 is 9.53 Å². The van der Waals surface area contributed by atoms with Crippen LogP contribution in [0.25, 0.3) is 0 Å². The highest BCUT2D eigenvalue weighted by Crippen LogP contribution is 2.50. The summed E-state index contributed by atoms with van der Waals surface area (Å²) in [4.78, 5) is 15.9. The highest BCUT2D eigenvalue weighted by Gasteiger charge is 2.49. The summed E-state index contributed by atoms with van der Waals surface area (Å²) in [5.41, 5.74) is 5.09. The van der Waals surface area contributed by atoms with Crippen LogP contribution in [0.2, 0.25) is 5.02 Å². The normalized spacial score (nSPS) is 21.2. The molecule has 2 heterocycles. The Morgan fingerprint density at radius 3 is 2.47 bits per heavy atom. The minimum Gasteiger partial charge on any atom is -0.488 e. The smallest absolute Gasteiger partial charge is 0.246 e. The molecule has 0 aliphatic carbocycles. The molecule has 0 fully saturated rings. The monoisotopic (exact) mass is 445 g/mol. The van der Waals surface area contributed by atoms with E-state index in [0.717, 1.165) is 53.1 Å². The third-order valence-corrected chi connectivity index (χ3v) is 7.23. The molecule has 1 atom stereocenters. The number of amides is 1. The lowest BCUT2D eigenvalue weighted by Gasteiger charge is -2.34. The maximum absolute atomic E-state index is 14.1. The first-order valence-electron chi connectivity index (χ1n) is 11.3. The van der Waals surface area contributed by atoms with E-state index < -0.39 is 5.41 Å². The molecule has 0 radical (unpaired) electrons. The number of nitrogens with zero attached hydrogens (tertiary/aromatic N) is 1. The molecule has 4 heteroatoms. The maximum atomic E-state index is 14.1. The van der Waals surface area contributed by atoms with Crippen molar-refractivity contribution in [2.45, 2.75) is 58.0 Å². The number of ether oxygens (including phenoxy) is 1. The molecular weight excluding hydrogens is 418 g/mol. The Morgan fingerprint density at radius 2 is 1.75 bits per heavy atom. The van der Waals surface area contributed by atoms with Crippen LogP contribution in [0.5, 0.6) is 5.75 Å². The molecule has 2 aliphatic rings. The quantitative estimate of drug-likeness (QED) is 0.434. The summed E-state index contributed by atoms with van der Waals surface area (Å²) in [6.07, 6.45) is 2.85. The van der Waals surface area contributed by atoms with E-state index in [0.29, 0.717) is 5.02 Å². The van der Waals surface area contributed by atoms with E-state index in [-0.39, 0.29) is 11.5 Å². The number of carbonyl (C=O) groups excluding carboxylic acids is 1. The molecule has 0 saturated heterocycles. The minimum absolute atomic E-state index is 0.0380. The van der Waals surface area contributed by atoms with Crippen molar-refractivity contribution in [2.24, 2.45) is 0 Å². The van der Waals surface area contributed by atoms with Gasteiger partial charge in [0.1, 0.15) is 11.4 Å². The minimum atomic E-state index is -0.828. The third-order valence-electron chi connectivity index (χ3n) is 6.99. The van der Waals surface area contributed by atoms with Crippen molar-refractivity contribution in [3.05, 3.63) is 87.9 Å². The summed E-state index contributed by atoms with van der Waals surface area (Å²) in [6, 6.07) is 20.2. The predicted octanol–water partition coefficient (Wildman–Crippen LogP) is 6.99. The van der Waals surface area contributed by atoms with Gasteiger partial charge in [-0.15, -0.1) is 0 Å². The Balaban J connectivity index is 1.64. The first kappa shape index (κ1) is 21.1. The molecule has 3 aromatic carbocycles. The lowest BCUT2D eigenvalue weighted by molar-refractivity contribution is -0.120. The number of halogens is 1. The molecule has 0 bridgehead atoms.